The van der Waals surface area contributed by atoms with Gasteiger partial charge >= 0.3 is 0 Å². The number of sulfonamides is 1. The maximum atomic E-state index is 12.9. The molecule has 2 heterocycles. The molecule has 124 valence electrons. The zero-order chi connectivity index (χ0) is 16.6. The van der Waals surface area contributed by atoms with Crippen LogP contribution in [0.4, 0.5) is 0 Å². The number of rotatable bonds is 4. The molecule has 7 heteroatoms. The van der Waals surface area contributed by atoms with Crippen LogP contribution in [0.2, 0.25) is 0 Å². The molecule has 0 unspecified atom stereocenters. The van der Waals surface area contributed by atoms with Crippen LogP contribution in [-0.4, -0.2) is 46.7 Å². The van der Waals surface area contributed by atoms with Crippen molar-refractivity contribution < 1.29 is 18.6 Å². The third kappa shape index (κ3) is 2.70. The van der Waals surface area contributed by atoms with Crippen LogP contribution in [0, 0.1) is 0 Å². The van der Waals surface area contributed by atoms with Crippen molar-refractivity contribution in [1.29, 1.82) is 0 Å². The van der Waals surface area contributed by atoms with Crippen molar-refractivity contribution in [2.24, 2.45) is 7.05 Å². The van der Waals surface area contributed by atoms with Gasteiger partial charge in [0.25, 0.3) is 0 Å². The summed E-state index contributed by atoms with van der Waals surface area (Å²) < 4.78 is 28.8. The van der Waals surface area contributed by atoms with Gasteiger partial charge in [-0.25, -0.2) is 8.42 Å². The molecule has 23 heavy (non-hydrogen) atoms. The van der Waals surface area contributed by atoms with Crippen LogP contribution in [0.3, 0.4) is 0 Å². The van der Waals surface area contributed by atoms with Gasteiger partial charge in [-0.2, -0.15) is 4.31 Å². The second-order valence-corrected chi connectivity index (χ2v) is 7.56. The SMILES string of the molecule is Cn1cccc1C[C@H]1[C@H](O)c2ccccc2S(=O)(=O)N1CCO. The Bertz CT molecular complexity index is 800. The second kappa shape index (κ2) is 6.09. The summed E-state index contributed by atoms with van der Waals surface area (Å²) in [5.74, 6) is 0. The van der Waals surface area contributed by atoms with Crippen molar-refractivity contribution in [2.45, 2.75) is 23.5 Å². The number of nitrogens with zero attached hydrogens (tertiary/aromatic N) is 2. The van der Waals surface area contributed by atoms with Gasteiger partial charge in [0.05, 0.1) is 23.6 Å². The van der Waals surface area contributed by atoms with Gasteiger partial charge in [0.1, 0.15) is 0 Å². The molecule has 0 amide bonds. The zero-order valence-corrected chi connectivity index (χ0v) is 13.6. The Morgan fingerprint density at radius 2 is 1.91 bits per heavy atom. The van der Waals surface area contributed by atoms with E-state index in [1.165, 1.54) is 10.4 Å². The molecule has 1 aliphatic heterocycles. The third-order valence-corrected chi connectivity index (χ3v) is 6.35. The van der Waals surface area contributed by atoms with Crippen LogP contribution >= 0.6 is 0 Å². The van der Waals surface area contributed by atoms with Crippen LogP contribution in [0.1, 0.15) is 17.4 Å². The molecule has 1 aromatic heterocycles. The highest BCUT2D eigenvalue weighted by atomic mass is 32.2. The summed E-state index contributed by atoms with van der Waals surface area (Å²) in [6, 6.07) is 9.63. The van der Waals surface area contributed by atoms with E-state index in [0.29, 0.717) is 12.0 Å². The highest BCUT2D eigenvalue weighted by Gasteiger charge is 2.43. The number of hydrogen-bond donors (Lipinski definition) is 2. The summed E-state index contributed by atoms with van der Waals surface area (Å²) in [6.07, 6.45) is 1.32. The van der Waals surface area contributed by atoms with E-state index in [1.807, 2.05) is 29.9 Å². The Hall–Kier alpha value is -1.67. The summed E-state index contributed by atoms with van der Waals surface area (Å²) in [4.78, 5) is 0.115. The number of β-amino-alcohol motifs (C(OH)–C–C–N with tert-alkyl or cyclic N) is 1. The van der Waals surface area contributed by atoms with Crippen LogP contribution in [-0.2, 0) is 23.5 Å². The summed E-state index contributed by atoms with van der Waals surface area (Å²) in [5, 5.41) is 20.0. The van der Waals surface area contributed by atoms with Gasteiger partial charge in [-0.05, 0) is 18.2 Å². The normalized spacial score (nSPS) is 23.6. The molecular formula is C16H20N2O4S. The number of aliphatic hydroxyl groups excluding tert-OH is 2. The standard InChI is InChI=1S/C16H20N2O4S/c1-17-8-4-5-12(17)11-14-16(20)13-6-2-3-7-15(13)23(21,22)18(14)9-10-19/h2-8,14,16,19-20H,9-11H2,1H3/t14-,16+/m0/s1. The molecular weight excluding hydrogens is 316 g/mol. The first-order valence-electron chi connectivity index (χ1n) is 7.46. The fourth-order valence-electron chi connectivity index (χ4n) is 3.15. The van der Waals surface area contributed by atoms with E-state index in [2.05, 4.69) is 0 Å². The van der Waals surface area contributed by atoms with Gasteiger partial charge in [-0.1, -0.05) is 18.2 Å². The van der Waals surface area contributed by atoms with Gasteiger partial charge in [-0.3, -0.25) is 0 Å². The molecule has 2 atom stereocenters. The Labute approximate surface area is 135 Å². The van der Waals surface area contributed by atoms with E-state index in [4.69, 9.17) is 0 Å². The maximum absolute atomic E-state index is 12.9. The molecule has 2 N–H and O–H groups in total. The Kier molecular flexibility index (Phi) is 4.29. The first-order valence-corrected chi connectivity index (χ1v) is 8.90. The largest absolute Gasteiger partial charge is 0.395 e. The fraction of sp³-hybridized carbons (Fsp3) is 0.375. The third-order valence-electron chi connectivity index (χ3n) is 4.35. The van der Waals surface area contributed by atoms with Gasteiger partial charge in [-0.15, -0.1) is 0 Å². The zero-order valence-electron chi connectivity index (χ0n) is 12.8. The van der Waals surface area contributed by atoms with Crippen molar-refractivity contribution >= 4 is 10.0 Å². The lowest BCUT2D eigenvalue weighted by molar-refractivity contribution is 0.0716. The smallest absolute Gasteiger partial charge is 0.243 e. The second-order valence-electron chi connectivity index (χ2n) is 5.70. The maximum Gasteiger partial charge on any atom is 0.243 e. The molecule has 3 rings (SSSR count). The van der Waals surface area contributed by atoms with Gasteiger partial charge in [0.15, 0.2) is 0 Å². The van der Waals surface area contributed by atoms with E-state index < -0.39 is 22.2 Å². The number of aryl methyl sites for hydroxylation is 1. The molecule has 0 spiro atoms. The van der Waals surface area contributed by atoms with Gasteiger partial charge < -0.3 is 14.8 Å². The van der Waals surface area contributed by atoms with E-state index >= 15 is 0 Å². The lowest BCUT2D eigenvalue weighted by atomic mass is 9.97. The van der Waals surface area contributed by atoms with Crippen molar-refractivity contribution in [3.05, 3.63) is 53.9 Å². The number of benzene rings is 1. The van der Waals surface area contributed by atoms with Gasteiger partial charge in [0.2, 0.25) is 10.0 Å². The topological polar surface area (TPSA) is 82.8 Å². The number of aliphatic hydroxyl groups is 2. The number of aromatic nitrogens is 1. The quantitative estimate of drug-likeness (QED) is 0.859. The highest BCUT2D eigenvalue weighted by molar-refractivity contribution is 7.89. The summed E-state index contributed by atoms with van der Waals surface area (Å²) in [5.41, 5.74) is 1.34. The van der Waals surface area contributed by atoms with Crippen molar-refractivity contribution in [3.63, 3.8) is 0 Å². The molecule has 0 saturated carbocycles. The van der Waals surface area contributed by atoms with Gasteiger partial charge in [0, 0.05) is 37.5 Å². The Morgan fingerprint density at radius 1 is 1.17 bits per heavy atom. The minimum absolute atomic E-state index is 0.0389. The summed E-state index contributed by atoms with van der Waals surface area (Å²) in [6.45, 7) is -0.333. The lowest BCUT2D eigenvalue weighted by Crippen LogP contribution is -2.50. The molecule has 1 aliphatic rings. The highest BCUT2D eigenvalue weighted by Crippen LogP contribution is 2.37. The minimum Gasteiger partial charge on any atom is -0.395 e. The van der Waals surface area contributed by atoms with Crippen LogP contribution in [0.25, 0.3) is 0 Å². The molecule has 0 radical (unpaired) electrons. The summed E-state index contributed by atoms with van der Waals surface area (Å²) >= 11 is 0. The first kappa shape index (κ1) is 16.2. The Morgan fingerprint density at radius 3 is 2.57 bits per heavy atom. The van der Waals surface area contributed by atoms with Crippen LogP contribution in [0.15, 0.2) is 47.5 Å². The van der Waals surface area contributed by atoms with E-state index in [-0.39, 0.29) is 18.0 Å². The predicted molar refractivity (Wildman–Crippen MR) is 85.3 cm³/mol. The lowest BCUT2D eigenvalue weighted by Gasteiger charge is -2.39. The monoisotopic (exact) mass is 336 g/mol. The van der Waals surface area contributed by atoms with E-state index in [9.17, 15) is 18.6 Å². The first-order chi connectivity index (χ1) is 11.0. The number of fused-ring (bicyclic) bond motifs is 1. The van der Waals surface area contributed by atoms with Crippen molar-refractivity contribution in [1.82, 2.24) is 8.87 Å². The molecule has 0 bridgehead atoms. The Balaban J connectivity index is 2.08. The summed E-state index contributed by atoms with van der Waals surface area (Å²) in [7, 11) is -1.86. The molecule has 6 nitrogen and oxygen atoms in total. The van der Waals surface area contributed by atoms with Crippen LogP contribution < -0.4 is 0 Å². The molecule has 0 saturated heterocycles. The van der Waals surface area contributed by atoms with Crippen molar-refractivity contribution in [3.8, 4) is 0 Å². The average molecular weight is 336 g/mol. The van der Waals surface area contributed by atoms with Crippen molar-refractivity contribution in [2.75, 3.05) is 13.2 Å². The molecule has 0 aliphatic carbocycles. The minimum atomic E-state index is -3.74. The molecule has 1 aromatic carbocycles. The predicted octanol–water partition coefficient (Wildman–Crippen LogP) is 0.666. The molecule has 0 fully saturated rings. The van der Waals surface area contributed by atoms with Crippen LogP contribution in [0.5, 0.6) is 0 Å². The number of hydrogen-bond acceptors (Lipinski definition) is 4. The molecule has 2 aromatic rings. The van der Waals surface area contributed by atoms with E-state index in [1.54, 1.807) is 18.2 Å². The van der Waals surface area contributed by atoms with E-state index in [0.717, 1.165) is 5.69 Å². The average Bonchev–Trinajstić information content (AvgIpc) is 2.94. The fourth-order valence-corrected chi connectivity index (χ4v) is 5.01.